The molecule has 0 aliphatic carbocycles. The molecule has 0 aromatic heterocycles. The Morgan fingerprint density at radius 1 is 1.10 bits per heavy atom. The van der Waals surface area contributed by atoms with Crippen molar-refractivity contribution in [3.05, 3.63) is 34.6 Å². The average molecular weight is 476 g/mol. The van der Waals surface area contributed by atoms with E-state index in [9.17, 15) is 22.4 Å². The second-order valence-corrected chi connectivity index (χ2v) is 10.0. The van der Waals surface area contributed by atoms with Crippen molar-refractivity contribution in [2.75, 3.05) is 45.9 Å². The fourth-order valence-electron chi connectivity index (χ4n) is 3.91. The fraction of sp³-hybridized carbons (Fsp3) is 0.600. The highest BCUT2D eigenvalue weighted by Gasteiger charge is 2.35. The third-order valence-corrected chi connectivity index (χ3v) is 7.86. The summed E-state index contributed by atoms with van der Waals surface area (Å²) in [5, 5.41) is 0.0793. The Labute approximate surface area is 186 Å². The number of hydrogen-bond acceptors (Lipinski definition) is 5. The normalized spacial score (nSPS) is 18.8. The summed E-state index contributed by atoms with van der Waals surface area (Å²) in [5.41, 5.74) is -0.0400. The molecule has 0 unspecified atom stereocenters. The van der Waals surface area contributed by atoms with Crippen LogP contribution in [0.2, 0.25) is 5.02 Å². The molecule has 0 atom stereocenters. The van der Waals surface area contributed by atoms with E-state index in [1.165, 1.54) is 22.5 Å². The fourth-order valence-corrected chi connectivity index (χ4v) is 5.82. The van der Waals surface area contributed by atoms with Crippen molar-refractivity contribution < 1.29 is 27.1 Å². The largest absolute Gasteiger partial charge is 0.450 e. The zero-order valence-corrected chi connectivity index (χ0v) is 19.0. The quantitative estimate of drug-likeness (QED) is 0.652. The Balaban J connectivity index is 1.52. The molecule has 1 aromatic carbocycles. The monoisotopic (exact) mass is 475 g/mol. The molecular weight excluding hydrogens is 449 g/mol. The van der Waals surface area contributed by atoms with Gasteiger partial charge < -0.3 is 14.5 Å². The second-order valence-electron chi connectivity index (χ2n) is 7.64. The standard InChI is InChI=1S/C20H27ClFN3O5S/c1-2-30-20(27)24-12-10-23(11-13-24)19(26)15-6-8-25(9-7-15)31(28,29)14-16-17(21)4-3-5-18(16)22/h3-5,15H,2,6-14H2,1H3. The minimum atomic E-state index is -3.75. The molecular formula is C20H27ClFN3O5S. The van der Waals surface area contributed by atoms with Gasteiger partial charge in [0.2, 0.25) is 15.9 Å². The number of rotatable bonds is 5. The molecule has 11 heteroatoms. The highest BCUT2D eigenvalue weighted by Crippen LogP contribution is 2.27. The first-order valence-corrected chi connectivity index (χ1v) is 12.3. The summed E-state index contributed by atoms with van der Waals surface area (Å²) in [6, 6.07) is 4.07. The molecule has 8 nitrogen and oxygen atoms in total. The van der Waals surface area contributed by atoms with Crippen molar-refractivity contribution in [1.29, 1.82) is 0 Å². The maximum Gasteiger partial charge on any atom is 0.409 e. The minimum Gasteiger partial charge on any atom is -0.450 e. The van der Waals surface area contributed by atoms with Crippen LogP contribution in [-0.4, -0.2) is 80.4 Å². The molecule has 2 saturated heterocycles. The van der Waals surface area contributed by atoms with Crippen LogP contribution >= 0.6 is 11.6 Å². The number of halogens is 2. The third kappa shape index (κ3) is 5.67. The van der Waals surface area contributed by atoms with E-state index in [0.717, 1.165) is 0 Å². The van der Waals surface area contributed by atoms with E-state index >= 15 is 0 Å². The van der Waals surface area contributed by atoms with Crippen molar-refractivity contribution >= 4 is 33.6 Å². The van der Waals surface area contributed by atoms with E-state index in [1.54, 1.807) is 16.7 Å². The van der Waals surface area contributed by atoms with Crippen LogP contribution in [0, 0.1) is 11.7 Å². The zero-order valence-electron chi connectivity index (χ0n) is 17.4. The summed E-state index contributed by atoms with van der Waals surface area (Å²) in [5.74, 6) is -1.44. The van der Waals surface area contributed by atoms with E-state index in [-0.39, 0.29) is 41.6 Å². The van der Waals surface area contributed by atoms with Gasteiger partial charge in [-0.05, 0) is 31.9 Å². The molecule has 0 N–H and O–H groups in total. The van der Waals surface area contributed by atoms with Gasteiger partial charge >= 0.3 is 6.09 Å². The molecule has 2 fully saturated rings. The minimum absolute atomic E-state index is 0.0160. The third-order valence-electron chi connectivity index (χ3n) is 5.70. The molecule has 172 valence electrons. The molecule has 0 spiro atoms. The van der Waals surface area contributed by atoms with Crippen molar-refractivity contribution in [2.45, 2.75) is 25.5 Å². The lowest BCUT2D eigenvalue weighted by atomic mass is 9.96. The van der Waals surface area contributed by atoms with Gasteiger partial charge in [-0.25, -0.2) is 21.9 Å². The Morgan fingerprint density at radius 3 is 2.29 bits per heavy atom. The van der Waals surface area contributed by atoms with Crippen molar-refractivity contribution in [1.82, 2.24) is 14.1 Å². The first-order chi connectivity index (χ1) is 14.7. The van der Waals surface area contributed by atoms with Gasteiger partial charge in [-0.3, -0.25) is 4.79 Å². The van der Waals surface area contributed by atoms with Crippen LogP contribution in [-0.2, 0) is 25.3 Å². The van der Waals surface area contributed by atoms with E-state index < -0.39 is 21.6 Å². The van der Waals surface area contributed by atoms with Crippen LogP contribution in [0.1, 0.15) is 25.3 Å². The van der Waals surface area contributed by atoms with Crippen LogP contribution in [0.3, 0.4) is 0 Å². The van der Waals surface area contributed by atoms with Crippen molar-refractivity contribution in [3.63, 3.8) is 0 Å². The number of nitrogens with zero attached hydrogens (tertiary/aromatic N) is 3. The van der Waals surface area contributed by atoms with Gasteiger partial charge in [0.1, 0.15) is 5.82 Å². The maximum atomic E-state index is 14.0. The smallest absolute Gasteiger partial charge is 0.409 e. The number of amides is 2. The highest BCUT2D eigenvalue weighted by atomic mass is 35.5. The maximum absolute atomic E-state index is 14.0. The highest BCUT2D eigenvalue weighted by molar-refractivity contribution is 7.88. The van der Waals surface area contributed by atoms with Gasteiger partial charge in [-0.15, -0.1) is 0 Å². The predicted octanol–water partition coefficient (Wildman–Crippen LogP) is 2.32. The van der Waals surface area contributed by atoms with Crippen molar-refractivity contribution in [2.24, 2.45) is 5.92 Å². The number of carbonyl (C=O) groups is 2. The molecule has 0 bridgehead atoms. The van der Waals surface area contributed by atoms with Gasteiger partial charge in [-0.2, -0.15) is 0 Å². The molecule has 0 saturated carbocycles. The summed E-state index contributed by atoms with van der Waals surface area (Å²) < 4.78 is 45.8. The Kier molecular flexibility index (Phi) is 7.77. The zero-order chi connectivity index (χ0) is 22.6. The Morgan fingerprint density at radius 2 is 1.71 bits per heavy atom. The predicted molar refractivity (Wildman–Crippen MR) is 114 cm³/mol. The van der Waals surface area contributed by atoms with Gasteiger partial charge in [0.25, 0.3) is 0 Å². The van der Waals surface area contributed by atoms with E-state index in [4.69, 9.17) is 16.3 Å². The summed E-state index contributed by atoms with van der Waals surface area (Å²) >= 11 is 5.97. The molecule has 2 amide bonds. The molecule has 31 heavy (non-hydrogen) atoms. The van der Waals surface area contributed by atoms with Crippen LogP contribution in [0.5, 0.6) is 0 Å². The SMILES string of the molecule is CCOC(=O)N1CCN(C(=O)C2CCN(S(=O)(=O)Cc3c(F)cccc3Cl)CC2)CC1. The number of piperidine rings is 1. The van der Waals surface area contributed by atoms with E-state index in [2.05, 4.69) is 0 Å². The van der Waals surface area contributed by atoms with Crippen LogP contribution in [0.4, 0.5) is 9.18 Å². The molecule has 2 aliphatic rings. The second kappa shape index (κ2) is 10.1. The van der Waals surface area contributed by atoms with Crippen LogP contribution in [0.15, 0.2) is 18.2 Å². The molecule has 2 heterocycles. The van der Waals surface area contributed by atoms with Crippen molar-refractivity contribution in [3.8, 4) is 0 Å². The number of benzene rings is 1. The van der Waals surface area contributed by atoms with Gasteiger partial charge in [0.05, 0.1) is 12.4 Å². The summed E-state index contributed by atoms with van der Waals surface area (Å²) in [6.07, 6.45) is 0.436. The molecule has 1 aromatic rings. The molecule has 3 rings (SSSR count). The number of ether oxygens (including phenoxy) is 1. The summed E-state index contributed by atoms with van der Waals surface area (Å²) in [4.78, 5) is 27.9. The van der Waals surface area contributed by atoms with Crippen LogP contribution in [0.25, 0.3) is 0 Å². The first kappa shape index (κ1) is 23.7. The topological polar surface area (TPSA) is 87.2 Å². The number of sulfonamides is 1. The Hall–Kier alpha value is -1.91. The lowest BCUT2D eigenvalue weighted by Gasteiger charge is -2.38. The Bertz CT molecular complexity index is 893. The molecule has 0 radical (unpaired) electrons. The average Bonchev–Trinajstić information content (AvgIpc) is 2.76. The van der Waals surface area contributed by atoms with Gasteiger partial charge in [0, 0.05) is 55.8 Å². The van der Waals surface area contributed by atoms with Gasteiger partial charge in [-0.1, -0.05) is 17.7 Å². The van der Waals surface area contributed by atoms with E-state index in [0.29, 0.717) is 45.6 Å². The van der Waals surface area contributed by atoms with Crippen LogP contribution < -0.4 is 0 Å². The molecule has 2 aliphatic heterocycles. The summed E-state index contributed by atoms with van der Waals surface area (Å²) in [7, 11) is -3.75. The lowest BCUT2D eigenvalue weighted by molar-refractivity contribution is -0.138. The van der Waals surface area contributed by atoms with Gasteiger partial charge in [0.15, 0.2) is 0 Å². The number of piperazine rings is 1. The van der Waals surface area contributed by atoms with E-state index in [1.807, 2.05) is 0 Å². The first-order valence-electron chi connectivity index (χ1n) is 10.3. The number of hydrogen-bond donors (Lipinski definition) is 0. The lowest BCUT2D eigenvalue weighted by Crippen LogP contribution is -2.53. The summed E-state index contributed by atoms with van der Waals surface area (Å²) in [6.45, 7) is 4.16. The number of carbonyl (C=O) groups excluding carboxylic acids is 2.